The van der Waals surface area contributed by atoms with Gasteiger partial charge in [0.05, 0.1) is 5.75 Å². The first-order valence-electron chi connectivity index (χ1n) is 8.32. The zero-order chi connectivity index (χ0) is 16.7. The zero-order valence-electron chi connectivity index (χ0n) is 13.7. The molecule has 1 aliphatic heterocycles. The second kappa shape index (κ2) is 8.45. The normalized spacial score (nSPS) is 17.1. The zero-order valence-corrected chi connectivity index (χ0v) is 14.5. The van der Waals surface area contributed by atoms with Gasteiger partial charge in [-0.3, -0.25) is 4.79 Å². The van der Waals surface area contributed by atoms with E-state index in [1.165, 1.54) is 0 Å². The molecule has 1 saturated heterocycles. The van der Waals surface area contributed by atoms with Gasteiger partial charge in [-0.15, -0.1) is 0 Å². The van der Waals surface area contributed by atoms with Gasteiger partial charge in [0.15, 0.2) is 0 Å². The highest BCUT2D eigenvalue weighted by Crippen LogP contribution is 2.15. The fraction of sp³-hybridized carbons (Fsp3) is 0.588. The Kier molecular flexibility index (Phi) is 6.59. The number of amides is 1. The quantitative estimate of drug-likeness (QED) is 0.826. The minimum absolute atomic E-state index is 0.0451. The Morgan fingerprint density at radius 3 is 2.48 bits per heavy atom. The Hall–Kier alpha value is -1.40. The van der Waals surface area contributed by atoms with Crippen molar-refractivity contribution in [3.63, 3.8) is 0 Å². The van der Waals surface area contributed by atoms with Crippen LogP contribution in [0.2, 0.25) is 0 Å². The van der Waals surface area contributed by atoms with Gasteiger partial charge in [0, 0.05) is 25.6 Å². The molecule has 0 atom stereocenters. The first kappa shape index (κ1) is 17.9. The number of nitrogens with one attached hydrogen (secondary N) is 1. The third-order valence-corrected chi connectivity index (χ3v) is 6.23. The van der Waals surface area contributed by atoms with E-state index in [0.717, 1.165) is 12.0 Å². The summed E-state index contributed by atoms with van der Waals surface area (Å²) in [6, 6.07) is 10.0. The van der Waals surface area contributed by atoms with Crippen molar-refractivity contribution < 1.29 is 13.2 Å². The van der Waals surface area contributed by atoms with Crippen molar-refractivity contribution in [3.05, 3.63) is 35.9 Å². The SMILES string of the molecule is CCCS(=O)(=O)N1CCC(NC(=O)CCc2ccccc2)CC1. The molecule has 0 saturated carbocycles. The molecular formula is C17H26N2O3S. The van der Waals surface area contributed by atoms with Gasteiger partial charge in [0.25, 0.3) is 0 Å². The average Bonchev–Trinajstić information content (AvgIpc) is 2.54. The molecule has 6 heteroatoms. The van der Waals surface area contributed by atoms with Crippen LogP contribution in [0.5, 0.6) is 0 Å². The molecule has 1 N–H and O–H groups in total. The summed E-state index contributed by atoms with van der Waals surface area (Å²) in [6.45, 7) is 2.88. The molecule has 0 spiro atoms. The van der Waals surface area contributed by atoms with Crippen molar-refractivity contribution >= 4 is 15.9 Å². The third-order valence-electron chi connectivity index (χ3n) is 4.16. The van der Waals surface area contributed by atoms with Gasteiger partial charge >= 0.3 is 0 Å². The van der Waals surface area contributed by atoms with Crippen LogP contribution in [-0.4, -0.2) is 43.5 Å². The van der Waals surface area contributed by atoms with Crippen molar-refractivity contribution in [1.29, 1.82) is 0 Å². The van der Waals surface area contributed by atoms with E-state index in [1.54, 1.807) is 4.31 Å². The molecule has 1 amide bonds. The topological polar surface area (TPSA) is 66.5 Å². The number of sulfonamides is 1. The van der Waals surface area contributed by atoms with E-state index in [2.05, 4.69) is 5.32 Å². The number of carbonyl (C=O) groups excluding carboxylic acids is 1. The van der Waals surface area contributed by atoms with E-state index in [-0.39, 0.29) is 17.7 Å². The Morgan fingerprint density at radius 2 is 1.87 bits per heavy atom. The molecule has 0 radical (unpaired) electrons. The van der Waals surface area contributed by atoms with Gasteiger partial charge in [0.1, 0.15) is 0 Å². The third kappa shape index (κ3) is 5.62. The fourth-order valence-electron chi connectivity index (χ4n) is 2.87. The molecule has 1 aromatic rings. The van der Waals surface area contributed by atoms with E-state index in [1.807, 2.05) is 37.3 Å². The Morgan fingerprint density at radius 1 is 1.22 bits per heavy atom. The molecule has 0 unspecified atom stereocenters. The van der Waals surface area contributed by atoms with Gasteiger partial charge in [-0.2, -0.15) is 0 Å². The van der Waals surface area contributed by atoms with Crippen LogP contribution in [-0.2, 0) is 21.2 Å². The summed E-state index contributed by atoms with van der Waals surface area (Å²) in [5.41, 5.74) is 1.16. The number of carbonyl (C=O) groups is 1. The van der Waals surface area contributed by atoms with Crippen LogP contribution < -0.4 is 5.32 Å². The lowest BCUT2D eigenvalue weighted by Crippen LogP contribution is -2.47. The fourth-order valence-corrected chi connectivity index (χ4v) is 4.41. The number of rotatable bonds is 7. The standard InChI is InChI=1S/C17H26N2O3S/c1-2-14-23(21,22)19-12-10-16(11-13-19)18-17(20)9-8-15-6-4-3-5-7-15/h3-7,16H,2,8-14H2,1H3,(H,18,20). The molecule has 128 valence electrons. The van der Waals surface area contributed by atoms with Crippen LogP contribution in [0.15, 0.2) is 30.3 Å². The molecule has 1 aliphatic rings. The van der Waals surface area contributed by atoms with Crippen molar-refractivity contribution in [2.45, 2.75) is 45.1 Å². The molecule has 0 bridgehead atoms. The van der Waals surface area contributed by atoms with Crippen LogP contribution in [0.25, 0.3) is 0 Å². The number of hydrogen-bond donors (Lipinski definition) is 1. The predicted octanol–water partition coefficient (Wildman–Crippen LogP) is 1.94. The first-order chi connectivity index (χ1) is 11.0. The summed E-state index contributed by atoms with van der Waals surface area (Å²) in [5.74, 6) is 0.255. The molecule has 5 nitrogen and oxygen atoms in total. The largest absolute Gasteiger partial charge is 0.353 e. The van der Waals surface area contributed by atoms with Gasteiger partial charge in [-0.1, -0.05) is 37.3 Å². The lowest BCUT2D eigenvalue weighted by Gasteiger charge is -2.31. The van der Waals surface area contributed by atoms with Crippen LogP contribution >= 0.6 is 0 Å². The van der Waals surface area contributed by atoms with Crippen LogP contribution in [0.1, 0.15) is 38.2 Å². The van der Waals surface area contributed by atoms with E-state index in [0.29, 0.717) is 38.8 Å². The van der Waals surface area contributed by atoms with E-state index in [9.17, 15) is 13.2 Å². The molecule has 23 heavy (non-hydrogen) atoms. The summed E-state index contributed by atoms with van der Waals surface area (Å²) in [5, 5.41) is 3.03. The van der Waals surface area contributed by atoms with Crippen LogP contribution in [0, 0.1) is 0 Å². The van der Waals surface area contributed by atoms with Crippen molar-refractivity contribution in [1.82, 2.24) is 9.62 Å². The van der Waals surface area contributed by atoms with Gasteiger partial charge < -0.3 is 5.32 Å². The molecule has 2 rings (SSSR count). The molecule has 1 fully saturated rings. The summed E-state index contributed by atoms with van der Waals surface area (Å²) in [6.07, 6.45) is 3.23. The predicted molar refractivity (Wildman–Crippen MR) is 91.6 cm³/mol. The van der Waals surface area contributed by atoms with Crippen molar-refractivity contribution in [2.24, 2.45) is 0 Å². The molecular weight excluding hydrogens is 312 g/mol. The van der Waals surface area contributed by atoms with E-state index < -0.39 is 10.0 Å². The number of benzene rings is 1. The minimum Gasteiger partial charge on any atom is -0.353 e. The van der Waals surface area contributed by atoms with Crippen LogP contribution in [0.4, 0.5) is 0 Å². The minimum atomic E-state index is -3.11. The van der Waals surface area contributed by atoms with Gasteiger partial charge in [0.2, 0.25) is 15.9 Å². The Bertz CT molecular complexity index is 594. The van der Waals surface area contributed by atoms with Crippen molar-refractivity contribution in [2.75, 3.05) is 18.8 Å². The van der Waals surface area contributed by atoms with Gasteiger partial charge in [-0.25, -0.2) is 12.7 Å². The van der Waals surface area contributed by atoms with Crippen LogP contribution in [0.3, 0.4) is 0 Å². The van der Waals surface area contributed by atoms with Crippen molar-refractivity contribution in [3.8, 4) is 0 Å². The molecule has 1 aromatic carbocycles. The highest BCUT2D eigenvalue weighted by atomic mass is 32.2. The smallest absolute Gasteiger partial charge is 0.220 e. The maximum atomic E-state index is 12.0. The molecule has 0 aliphatic carbocycles. The maximum absolute atomic E-state index is 12.0. The summed E-state index contributed by atoms with van der Waals surface area (Å²) in [7, 11) is -3.11. The lowest BCUT2D eigenvalue weighted by molar-refractivity contribution is -0.122. The number of hydrogen-bond acceptors (Lipinski definition) is 3. The second-order valence-corrected chi connectivity index (χ2v) is 8.13. The highest BCUT2D eigenvalue weighted by Gasteiger charge is 2.27. The molecule has 1 heterocycles. The molecule has 0 aromatic heterocycles. The summed E-state index contributed by atoms with van der Waals surface area (Å²) < 4.78 is 25.6. The summed E-state index contributed by atoms with van der Waals surface area (Å²) in [4.78, 5) is 12.0. The highest BCUT2D eigenvalue weighted by molar-refractivity contribution is 7.89. The number of nitrogens with zero attached hydrogens (tertiary/aromatic N) is 1. The monoisotopic (exact) mass is 338 g/mol. The van der Waals surface area contributed by atoms with E-state index in [4.69, 9.17) is 0 Å². The number of piperidine rings is 1. The maximum Gasteiger partial charge on any atom is 0.220 e. The summed E-state index contributed by atoms with van der Waals surface area (Å²) >= 11 is 0. The lowest BCUT2D eigenvalue weighted by atomic mass is 10.1. The first-order valence-corrected chi connectivity index (χ1v) is 9.93. The second-order valence-electron chi connectivity index (χ2n) is 6.04. The average molecular weight is 338 g/mol. The van der Waals surface area contributed by atoms with E-state index >= 15 is 0 Å². The Labute approximate surface area is 139 Å². The number of aryl methyl sites for hydroxylation is 1. The van der Waals surface area contributed by atoms with Gasteiger partial charge in [-0.05, 0) is 31.2 Å². The Balaban J connectivity index is 1.72.